The summed E-state index contributed by atoms with van der Waals surface area (Å²) in [5.74, 6) is 1.30. The van der Waals surface area contributed by atoms with E-state index in [0.717, 1.165) is 57.5 Å². The highest BCUT2D eigenvalue weighted by Gasteiger charge is 2.35. The van der Waals surface area contributed by atoms with E-state index in [2.05, 4.69) is 10.4 Å². The maximum absolute atomic E-state index is 12.5. The van der Waals surface area contributed by atoms with Crippen LogP contribution in [-0.4, -0.2) is 51.7 Å². The van der Waals surface area contributed by atoms with E-state index in [-0.39, 0.29) is 24.0 Å². The fourth-order valence-corrected chi connectivity index (χ4v) is 3.80. The zero-order valence-corrected chi connectivity index (χ0v) is 17.5. The van der Waals surface area contributed by atoms with Gasteiger partial charge in [-0.25, -0.2) is 0 Å². The molecule has 1 saturated carbocycles. The topological polar surface area (TPSA) is 76.5 Å². The second-order valence-electron chi connectivity index (χ2n) is 8.37. The first-order chi connectivity index (χ1) is 14.6. The predicted octanol–water partition coefficient (Wildman–Crippen LogP) is 2.87. The standard InChI is InChI=1S/C23H30N4O3/c1-17(9-16-27-13-2-12-24-27)25-22(28)18-5-7-20(8-6-18)30-21-10-14-26(15-11-21)23(29)19-3-4-19/h2,5-8,12-13,17,19,21H,3-4,9-11,14-16H2,1H3,(H,25,28)/t17-/m0/s1. The Morgan fingerprint density at radius 1 is 1.17 bits per heavy atom. The lowest BCUT2D eigenvalue weighted by atomic mass is 10.1. The average molecular weight is 411 g/mol. The second kappa shape index (κ2) is 9.32. The van der Waals surface area contributed by atoms with Crippen LogP contribution in [0, 0.1) is 5.92 Å². The first-order valence-electron chi connectivity index (χ1n) is 10.9. The Labute approximate surface area is 177 Å². The molecule has 1 aliphatic carbocycles. The molecule has 1 saturated heterocycles. The van der Waals surface area contributed by atoms with Crippen LogP contribution in [0.1, 0.15) is 49.4 Å². The van der Waals surface area contributed by atoms with Gasteiger partial charge in [-0.2, -0.15) is 5.10 Å². The third-order valence-electron chi connectivity index (χ3n) is 5.83. The Kier molecular flexibility index (Phi) is 6.35. The molecule has 2 fully saturated rings. The van der Waals surface area contributed by atoms with Crippen molar-refractivity contribution in [3.8, 4) is 5.75 Å². The minimum atomic E-state index is -0.0820. The maximum atomic E-state index is 12.5. The van der Waals surface area contributed by atoms with Crippen LogP contribution in [-0.2, 0) is 11.3 Å². The predicted molar refractivity (Wildman–Crippen MR) is 113 cm³/mol. The van der Waals surface area contributed by atoms with Gasteiger partial charge in [-0.15, -0.1) is 0 Å². The molecule has 0 spiro atoms. The van der Waals surface area contributed by atoms with Gasteiger partial charge in [0.25, 0.3) is 5.91 Å². The highest BCUT2D eigenvalue weighted by atomic mass is 16.5. The van der Waals surface area contributed by atoms with E-state index in [0.29, 0.717) is 11.5 Å². The minimum Gasteiger partial charge on any atom is -0.490 e. The number of nitrogens with one attached hydrogen (secondary N) is 1. The van der Waals surface area contributed by atoms with Gasteiger partial charge in [0, 0.05) is 62.4 Å². The molecule has 1 atom stereocenters. The number of likely N-dealkylation sites (tertiary alicyclic amines) is 1. The summed E-state index contributed by atoms with van der Waals surface area (Å²) in [5.41, 5.74) is 0.623. The summed E-state index contributed by atoms with van der Waals surface area (Å²) in [6, 6.07) is 9.26. The van der Waals surface area contributed by atoms with E-state index < -0.39 is 0 Å². The molecule has 0 radical (unpaired) electrons. The van der Waals surface area contributed by atoms with E-state index in [1.165, 1.54) is 0 Å². The Bertz CT molecular complexity index is 838. The lowest BCUT2D eigenvalue weighted by Crippen LogP contribution is -2.42. The molecular weight excluding hydrogens is 380 g/mol. The number of carbonyl (C=O) groups excluding carboxylic acids is 2. The van der Waals surface area contributed by atoms with Crippen LogP contribution >= 0.6 is 0 Å². The highest BCUT2D eigenvalue weighted by Crippen LogP contribution is 2.32. The van der Waals surface area contributed by atoms with Gasteiger partial charge in [0.05, 0.1) is 0 Å². The van der Waals surface area contributed by atoms with Gasteiger partial charge in [0.15, 0.2) is 0 Å². The van der Waals surface area contributed by atoms with Crippen molar-refractivity contribution in [1.82, 2.24) is 20.0 Å². The Balaban J connectivity index is 1.20. The molecule has 30 heavy (non-hydrogen) atoms. The van der Waals surface area contributed by atoms with E-state index in [9.17, 15) is 9.59 Å². The van der Waals surface area contributed by atoms with E-state index in [1.807, 2.05) is 40.9 Å². The number of nitrogens with zero attached hydrogens (tertiary/aromatic N) is 3. The van der Waals surface area contributed by atoms with Gasteiger partial charge >= 0.3 is 0 Å². The lowest BCUT2D eigenvalue weighted by Gasteiger charge is -2.32. The van der Waals surface area contributed by atoms with Crippen LogP contribution in [0.5, 0.6) is 5.75 Å². The van der Waals surface area contributed by atoms with Crippen molar-refractivity contribution >= 4 is 11.8 Å². The molecule has 2 aromatic rings. The number of ether oxygens (including phenoxy) is 1. The molecule has 2 heterocycles. The molecular formula is C23H30N4O3. The Morgan fingerprint density at radius 2 is 1.90 bits per heavy atom. The summed E-state index contributed by atoms with van der Waals surface area (Å²) in [6.07, 6.45) is 8.43. The molecule has 4 rings (SSSR count). The molecule has 7 heteroatoms. The number of hydrogen-bond donors (Lipinski definition) is 1. The van der Waals surface area contributed by atoms with E-state index in [1.54, 1.807) is 18.3 Å². The summed E-state index contributed by atoms with van der Waals surface area (Å²) in [7, 11) is 0. The largest absolute Gasteiger partial charge is 0.490 e. The number of rotatable bonds is 8. The monoisotopic (exact) mass is 410 g/mol. The van der Waals surface area contributed by atoms with Gasteiger partial charge in [0.1, 0.15) is 11.9 Å². The number of piperidine rings is 1. The molecule has 2 aliphatic rings. The van der Waals surface area contributed by atoms with Crippen LogP contribution in [0.15, 0.2) is 42.7 Å². The Hall–Kier alpha value is -2.83. The highest BCUT2D eigenvalue weighted by molar-refractivity contribution is 5.94. The quantitative estimate of drug-likeness (QED) is 0.726. The van der Waals surface area contributed by atoms with Crippen molar-refractivity contribution in [2.75, 3.05) is 13.1 Å². The van der Waals surface area contributed by atoms with E-state index >= 15 is 0 Å². The van der Waals surface area contributed by atoms with Gasteiger partial charge in [-0.1, -0.05) is 0 Å². The molecule has 0 bridgehead atoms. The van der Waals surface area contributed by atoms with Crippen LogP contribution in [0.4, 0.5) is 0 Å². The van der Waals surface area contributed by atoms with Crippen LogP contribution in [0.25, 0.3) is 0 Å². The zero-order chi connectivity index (χ0) is 20.9. The molecule has 7 nitrogen and oxygen atoms in total. The third kappa shape index (κ3) is 5.40. The first kappa shape index (κ1) is 20.4. The number of carbonyl (C=O) groups is 2. The lowest BCUT2D eigenvalue weighted by molar-refractivity contribution is -0.134. The summed E-state index contributed by atoms with van der Waals surface area (Å²) in [5, 5.41) is 7.21. The second-order valence-corrected chi connectivity index (χ2v) is 8.37. The SMILES string of the molecule is C[C@@H](CCn1cccn1)NC(=O)c1ccc(OC2CCN(C(=O)C3CC3)CC2)cc1. The van der Waals surface area contributed by atoms with Gasteiger partial charge in [-0.05, 0) is 56.5 Å². The average Bonchev–Trinajstić information content (AvgIpc) is 3.48. The molecule has 1 aliphatic heterocycles. The van der Waals surface area contributed by atoms with Crippen LogP contribution in [0.2, 0.25) is 0 Å². The number of amides is 2. The molecule has 160 valence electrons. The maximum Gasteiger partial charge on any atom is 0.251 e. The fraction of sp³-hybridized carbons (Fsp3) is 0.522. The fourth-order valence-electron chi connectivity index (χ4n) is 3.80. The summed E-state index contributed by atoms with van der Waals surface area (Å²) < 4.78 is 7.94. The summed E-state index contributed by atoms with van der Waals surface area (Å²) in [6.45, 7) is 4.32. The van der Waals surface area contributed by atoms with Gasteiger partial charge in [-0.3, -0.25) is 14.3 Å². The van der Waals surface area contributed by atoms with Crippen molar-refractivity contribution in [3.63, 3.8) is 0 Å². The minimum absolute atomic E-state index is 0.0566. The summed E-state index contributed by atoms with van der Waals surface area (Å²) >= 11 is 0. The number of hydrogen-bond acceptors (Lipinski definition) is 4. The molecule has 1 aromatic heterocycles. The number of benzene rings is 1. The third-order valence-corrected chi connectivity index (χ3v) is 5.83. The van der Waals surface area contributed by atoms with Crippen molar-refractivity contribution in [2.24, 2.45) is 5.92 Å². The van der Waals surface area contributed by atoms with Crippen molar-refractivity contribution in [3.05, 3.63) is 48.3 Å². The van der Waals surface area contributed by atoms with Crippen LogP contribution < -0.4 is 10.1 Å². The molecule has 1 aromatic carbocycles. The van der Waals surface area contributed by atoms with E-state index in [4.69, 9.17) is 4.74 Å². The molecule has 0 unspecified atom stereocenters. The first-order valence-corrected chi connectivity index (χ1v) is 10.9. The van der Waals surface area contributed by atoms with Crippen molar-refractivity contribution in [1.29, 1.82) is 0 Å². The Morgan fingerprint density at radius 3 is 2.53 bits per heavy atom. The van der Waals surface area contributed by atoms with Gasteiger partial charge in [0.2, 0.25) is 5.91 Å². The zero-order valence-electron chi connectivity index (χ0n) is 17.5. The number of aryl methyl sites for hydroxylation is 1. The van der Waals surface area contributed by atoms with Crippen molar-refractivity contribution < 1.29 is 14.3 Å². The number of aromatic nitrogens is 2. The molecule has 2 amide bonds. The summed E-state index contributed by atoms with van der Waals surface area (Å²) in [4.78, 5) is 26.6. The van der Waals surface area contributed by atoms with Crippen molar-refractivity contribution in [2.45, 2.75) is 57.7 Å². The van der Waals surface area contributed by atoms with Crippen LogP contribution in [0.3, 0.4) is 0 Å². The normalized spacial score (nSPS) is 18.1. The van der Waals surface area contributed by atoms with Gasteiger partial charge < -0.3 is 15.0 Å². The molecule has 1 N–H and O–H groups in total. The smallest absolute Gasteiger partial charge is 0.251 e.